The Morgan fingerprint density at radius 1 is 1.60 bits per heavy atom. The maximum atomic E-state index is 9.77. The topological polar surface area (TPSA) is 38.1 Å². The van der Waals surface area contributed by atoms with Crippen molar-refractivity contribution in [3.8, 4) is 0 Å². The summed E-state index contributed by atoms with van der Waals surface area (Å²) in [5.74, 6) is 1.77. The van der Waals surface area contributed by atoms with Crippen molar-refractivity contribution in [1.82, 2.24) is 9.78 Å². The molecular formula is C10H17ClN2OS. The van der Waals surface area contributed by atoms with Gasteiger partial charge in [0.2, 0.25) is 0 Å². The predicted molar refractivity (Wildman–Crippen MR) is 65.7 cm³/mol. The number of aliphatic hydroxyl groups is 1. The van der Waals surface area contributed by atoms with Crippen LogP contribution < -0.4 is 0 Å². The first-order valence-electron chi connectivity index (χ1n) is 5.00. The third-order valence-electron chi connectivity index (χ3n) is 2.20. The normalized spacial score (nSPS) is 13.1. The molecule has 0 amide bonds. The lowest BCUT2D eigenvalue weighted by Gasteiger charge is -2.10. The van der Waals surface area contributed by atoms with E-state index >= 15 is 0 Å². The molecule has 1 aromatic rings. The van der Waals surface area contributed by atoms with Crippen molar-refractivity contribution in [1.29, 1.82) is 0 Å². The highest BCUT2D eigenvalue weighted by atomic mass is 35.5. The molecule has 1 unspecified atom stereocenters. The van der Waals surface area contributed by atoms with Gasteiger partial charge in [-0.1, -0.05) is 18.5 Å². The molecule has 0 aliphatic heterocycles. The summed E-state index contributed by atoms with van der Waals surface area (Å²) in [6, 6.07) is 0. The number of rotatable bonds is 5. The Morgan fingerprint density at radius 2 is 2.27 bits per heavy atom. The molecule has 0 aromatic carbocycles. The van der Waals surface area contributed by atoms with Crippen LogP contribution in [0.1, 0.15) is 18.3 Å². The highest BCUT2D eigenvalue weighted by molar-refractivity contribution is 7.99. The molecule has 3 nitrogen and oxygen atoms in total. The molecule has 5 heteroatoms. The minimum absolute atomic E-state index is 0.345. The largest absolute Gasteiger partial charge is 0.392 e. The zero-order valence-electron chi connectivity index (χ0n) is 9.33. The zero-order valence-corrected chi connectivity index (χ0v) is 10.9. The van der Waals surface area contributed by atoms with Crippen molar-refractivity contribution in [2.75, 3.05) is 11.5 Å². The fourth-order valence-electron chi connectivity index (χ4n) is 1.44. The van der Waals surface area contributed by atoms with E-state index in [1.165, 1.54) is 0 Å². The lowest BCUT2D eigenvalue weighted by molar-refractivity contribution is 0.197. The van der Waals surface area contributed by atoms with Gasteiger partial charge in [0.25, 0.3) is 0 Å². The van der Waals surface area contributed by atoms with Gasteiger partial charge in [0.05, 0.1) is 22.5 Å². The lowest BCUT2D eigenvalue weighted by Crippen LogP contribution is -2.16. The Balaban J connectivity index is 2.63. The zero-order chi connectivity index (χ0) is 11.4. The lowest BCUT2D eigenvalue weighted by atomic mass is 10.2. The Hall–Kier alpha value is -0.190. The van der Waals surface area contributed by atoms with Crippen LogP contribution in [-0.2, 0) is 13.5 Å². The Kier molecular flexibility index (Phi) is 4.96. The van der Waals surface area contributed by atoms with Gasteiger partial charge in [0, 0.05) is 19.2 Å². The molecule has 0 spiro atoms. The van der Waals surface area contributed by atoms with Crippen molar-refractivity contribution in [3.05, 3.63) is 16.4 Å². The average Bonchev–Trinajstić information content (AvgIpc) is 2.42. The number of thioether (sulfide) groups is 1. The summed E-state index contributed by atoms with van der Waals surface area (Å²) in [6.07, 6.45) is 0.227. The Labute approximate surface area is 99.8 Å². The summed E-state index contributed by atoms with van der Waals surface area (Å²) < 4.78 is 1.75. The number of aliphatic hydroxyl groups excluding tert-OH is 1. The highest BCUT2D eigenvalue weighted by Crippen LogP contribution is 2.21. The van der Waals surface area contributed by atoms with Crippen LogP contribution in [0.25, 0.3) is 0 Å². The van der Waals surface area contributed by atoms with Gasteiger partial charge in [-0.3, -0.25) is 4.68 Å². The van der Waals surface area contributed by atoms with E-state index in [1.54, 1.807) is 16.4 Å². The third kappa shape index (κ3) is 3.40. The van der Waals surface area contributed by atoms with Gasteiger partial charge in [-0.25, -0.2) is 0 Å². The van der Waals surface area contributed by atoms with E-state index in [-0.39, 0.29) is 6.10 Å². The van der Waals surface area contributed by atoms with Gasteiger partial charge in [0.1, 0.15) is 0 Å². The summed E-state index contributed by atoms with van der Waals surface area (Å²) in [5.41, 5.74) is 1.74. The van der Waals surface area contributed by atoms with Gasteiger partial charge in [0.15, 0.2) is 0 Å². The van der Waals surface area contributed by atoms with Gasteiger partial charge < -0.3 is 5.11 Å². The summed E-state index contributed by atoms with van der Waals surface area (Å²) in [6.45, 7) is 3.96. The minimum Gasteiger partial charge on any atom is -0.392 e. The fourth-order valence-corrected chi connectivity index (χ4v) is 2.30. The van der Waals surface area contributed by atoms with Crippen LogP contribution in [0.3, 0.4) is 0 Å². The van der Waals surface area contributed by atoms with Crippen molar-refractivity contribution in [2.24, 2.45) is 7.05 Å². The van der Waals surface area contributed by atoms with Crippen molar-refractivity contribution < 1.29 is 5.11 Å². The number of hydrogen-bond donors (Lipinski definition) is 1. The highest BCUT2D eigenvalue weighted by Gasteiger charge is 2.14. The minimum atomic E-state index is -0.345. The molecule has 1 aromatic heterocycles. The quantitative estimate of drug-likeness (QED) is 0.867. The van der Waals surface area contributed by atoms with Crippen LogP contribution in [0, 0.1) is 6.92 Å². The van der Waals surface area contributed by atoms with Crippen molar-refractivity contribution >= 4 is 23.4 Å². The van der Waals surface area contributed by atoms with Gasteiger partial charge in [-0.15, -0.1) is 0 Å². The van der Waals surface area contributed by atoms with Gasteiger partial charge >= 0.3 is 0 Å². The van der Waals surface area contributed by atoms with Crippen LogP contribution in [0.2, 0.25) is 5.02 Å². The van der Waals surface area contributed by atoms with Gasteiger partial charge in [-0.05, 0) is 12.7 Å². The molecule has 0 saturated carbocycles. The SMILES string of the molecule is CCSCC(O)Cc1c(Cl)c(C)nn1C. The maximum Gasteiger partial charge on any atom is 0.0847 e. The summed E-state index contributed by atoms with van der Waals surface area (Å²) in [7, 11) is 1.86. The van der Waals surface area contributed by atoms with Gasteiger partial charge in [-0.2, -0.15) is 16.9 Å². The molecule has 15 heavy (non-hydrogen) atoms. The Morgan fingerprint density at radius 3 is 2.73 bits per heavy atom. The van der Waals surface area contributed by atoms with Crippen LogP contribution in [0.15, 0.2) is 0 Å². The molecule has 1 rings (SSSR count). The van der Waals surface area contributed by atoms with Crippen LogP contribution in [0.4, 0.5) is 0 Å². The van der Waals surface area contributed by atoms with E-state index in [0.29, 0.717) is 11.4 Å². The first-order chi connectivity index (χ1) is 7.06. The number of aryl methyl sites for hydroxylation is 2. The van der Waals surface area contributed by atoms with E-state index in [4.69, 9.17) is 11.6 Å². The second-order valence-corrected chi connectivity index (χ2v) is 5.18. The maximum absolute atomic E-state index is 9.77. The molecule has 1 N–H and O–H groups in total. The average molecular weight is 249 g/mol. The Bertz CT molecular complexity index is 327. The number of hydrogen-bond acceptors (Lipinski definition) is 3. The summed E-state index contributed by atoms with van der Waals surface area (Å²) in [5, 5.41) is 14.7. The molecule has 1 atom stereocenters. The molecule has 86 valence electrons. The standard InChI is InChI=1S/C10H17ClN2OS/c1-4-15-6-8(14)5-9-10(11)7(2)12-13(9)3/h8,14H,4-6H2,1-3H3. The smallest absolute Gasteiger partial charge is 0.0847 e. The molecule has 0 fully saturated rings. The predicted octanol–water partition coefficient (Wildman–Crippen LogP) is 2.04. The van der Waals surface area contributed by atoms with E-state index in [9.17, 15) is 5.11 Å². The molecule has 1 heterocycles. The first kappa shape index (κ1) is 12.9. The second kappa shape index (κ2) is 5.77. The molecule has 0 saturated heterocycles. The molecular weight excluding hydrogens is 232 g/mol. The molecule has 0 aliphatic carbocycles. The molecule has 0 bridgehead atoms. The fraction of sp³-hybridized carbons (Fsp3) is 0.700. The van der Waals surface area contributed by atoms with E-state index in [2.05, 4.69) is 12.0 Å². The number of aromatic nitrogens is 2. The molecule has 0 radical (unpaired) electrons. The van der Waals surface area contributed by atoms with Crippen molar-refractivity contribution in [2.45, 2.75) is 26.4 Å². The van der Waals surface area contributed by atoms with Crippen LogP contribution in [0.5, 0.6) is 0 Å². The van der Waals surface area contributed by atoms with Crippen LogP contribution in [-0.4, -0.2) is 32.5 Å². The summed E-state index contributed by atoms with van der Waals surface area (Å²) in [4.78, 5) is 0. The summed E-state index contributed by atoms with van der Waals surface area (Å²) >= 11 is 7.82. The van der Waals surface area contributed by atoms with Crippen LogP contribution >= 0.6 is 23.4 Å². The van der Waals surface area contributed by atoms with E-state index < -0.39 is 0 Å². The monoisotopic (exact) mass is 248 g/mol. The second-order valence-electron chi connectivity index (χ2n) is 3.49. The van der Waals surface area contributed by atoms with Crippen molar-refractivity contribution in [3.63, 3.8) is 0 Å². The van der Waals surface area contributed by atoms with E-state index in [1.807, 2.05) is 14.0 Å². The first-order valence-corrected chi connectivity index (χ1v) is 6.53. The number of halogens is 1. The number of nitrogens with zero attached hydrogens (tertiary/aromatic N) is 2. The third-order valence-corrected chi connectivity index (χ3v) is 3.73. The van der Waals surface area contributed by atoms with E-state index in [0.717, 1.165) is 22.9 Å². The molecule has 0 aliphatic rings.